The highest BCUT2D eigenvalue weighted by Crippen LogP contribution is 2.40. The lowest BCUT2D eigenvalue weighted by atomic mass is 9.91. The fraction of sp³-hybridized carbons (Fsp3) is 0.375. The van der Waals surface area contributed by atoms with Crippen LogP contribution in [0.3, 0.4) is 0 Å². The smallest absolute Gasteiger partial charge is 0.376 e. The topological polar surface area (TPSA) is 102 Å². The van der Waals surface area contributed by atoms with E-state index in [9.17, 15) is 19.5 Å². The van der Waals surface area contributed by atoms with Crippen molar-refractivity contribution in [3.63, 3.8) is 0 Å². The van der Waals surface area contributed by atoms with Crippen LogP contribution in [0, 0.1) is 5.92 Å². The van der Waals surface area contributed by atoms with E-state index in [2.05, 4.69) is 0 Å². The molecule has 0 aromatic heterocycles. The molecule has 168 valence electrons. The SMILES string of the molecule is CC(C)(O)C1CON(C2(C(=O)OC(c3ccccc3)c3ccccc3)CCC(=O)O2)C1=O. The lowest BCUT2D eigenvalue weighted by molar-refractivity contribution is -0.260. The quantitative estimate of drug-likeness (QED) is 0.690. The van der Waals surface area contributed by atoms with Gasteiger partial charge in [0, 0.05) is 6.42 Å². The Morgan fingerprint density at radius 1 is 1.09 bits per heavy atom. The zero-order chi connectivity index (χ0) is 22.9. The first kappa shape index (κ1) is 22.0. The fourth-order valence-corrected chi connectivity index (χ4v) is 3.93. The Morgan fingerprint density at radius 2 is 1.66 bits per heavy atom. The van der Waals surface area contributed by atoms with E-state index in [1.807, 2.05) is 60.7 Å². The van der Waals surface area contributed by atoms with Crippen LogP contribution < -0.4 is 0 Å². The molecule has 1 N–H and O–H groups in total. The minimum atomic E-state index is -2.05. The molecule has 0 spiro atoms. The summed E-state index contributed by atoms with van der Waals surface area (Å²) in [6, 6.07) is 18.3. The Bertz CT molecular complexity index is 963. The first-order chi connectivity index (χ1) is 15.2. The Hall–Kier alpha value is -3.23. The van der Waals surface area contributed by atoms with E-state index < -0.39 is 41.2 Å². The normalized spacial score (nSPS) is 23.5. The van der Waals surface area contributed by atoms with Gasteiger partial charge < -0.3 is 14.6 Å². The molecule has 8 heteroatoms. The Labute approximate surface area is 185 Å². The molecule has 0 saturated carbocycles. The number of ether oxygens (including phenoxy) is 2. The Balaban J connectivity index is 1.68. The van der Waals surface area contributed by atoms with Crippen molar-refractivity contribution in [3.05, 3.63) is 71.8 Å². The van der Waals surface area contributed by atoms with Crippen LogP contribution >= 0.6 is 0 Å². The van der Waals surface area contributed by atoms with Gasteiger partial charge in [0.1, 0.15) is 0 Å². The van der Waals surface area contributed by atoms with Crippen LogP contribution in [0.1, 0.15) is 43.9 Å². The first-order valence-electron chi connectivity index (χ1n) is 10.4. The van der Waals surface area contributed by atoms with Gasteiger partial charge in [-0.1, -0.05) is 60.7 Å². The summed E-state index contributed by atoms with van der Waals surface area (Å²) in [4.78, 5) is 44.1. The van der Waals surface area contributed by atoms with Crippen LogP contribution in [-0.4, -0.2) is 45.9 Å². The summed E-state index contributed by atoms with van der Waals surface area (Å²) in [5.41, 5.74) is -1.99. The molecule has 2 aromatic carbocycles. The third-order valence-electron chi connectivity index (χ3n) is 5.75. The number of carbonyl (C=O) groups is 3. The number of esters is 2. The molecular weight excluding hydrogens is 414 g/mol. The molecule has 0 radical (unpaired) electrons. The second kappa shape index (κ2) is 8.37. The Morgan fingerprint density at radius 3 is 2.09 bits per heavy atom. The maximum atomic E-state index is 13.5. The number of rotatable bonds is 6. The van der Waals surface area contributed by atoms with Crippen LogP contribution in [-0.2, 0) is 28.7 Å². The van der Waals surface area contributed by atoms with Gasteiger partial charge in [-0.2, -0.15) is 5.06 Å². The molecule has 8 nitrogen and oxygen atoms in total. The van der Waals surface area contributed by atoms with Gasteiger partial charge in [0.15, 0.2) is 6.10 Å². The summed E-state index contributed by atoms with van der Waals surface area (Å²) in [5.74, 6) is -3.10. The molecule has 2 unspecified atom stereocenters. The van der Waals surface area contributed by atoms with E-state index in [4.69, 9.17) is 14.3 Å². The number of cyclic esters (lactones) is 1. The van der Waals surface area contributed by atoms with E-state index in [1.54, 1.807) is 0 Å². The van der Waals surface area contributed by atoms with E-state index >= 15 is 0 Å². The van der Waals surface area contributed by atoms with Gasteiger partial charge in [-0.15, -0.1) is 0 Å². The molecule has 0 bridgehead atoms. The molecule has 2 atom stereocenters. The predicted molar refractivity (Wildman–Crippen MR) is 111 cm³/mol. The number of benzene rings is 2. The van der Waals surface area contributed by atoms with Gasteiger partial charge in [0.2, 0.25) is 0 Å². The maximum Gasteiger partial charge on any atom is 0.376 e. The van der Waals surface area contributed by atoms with Crippen molar-refractivity contribution in [2.24, 2.45) is 5.92 Å². The standard InChI is InChI=1S/C24H25NO7/c1-23(2,29)18-15-30-25(21(18)27)24(14-13-19(26)32-24)22(28)31-20(16-9-5-3-6-10-16)17-11-7-4-8-12-17/h3-12,18,20,29H,13-15H2,1-2H3. The molecule has 32 heavy (non-hydrogen) atoms. The lowest BCUT2D eigenvalue weighted by Gasteiger charge is -2.34. The lowest BCUT2D eigenvalue weighted by Crippen LogP contribution is -2.56. The molecule has 2 saturated heterocycles. The largest absolute Gasteiger partial charge is 0.448 e. The molecule has 2 aromatic rings. The zero-order valence-corrected chi connectivity index (χ0v) is 17.9. The van der Waals surface area contributed by atoms with Crippen LogP contribution in [0.15, 0.2) is 60.7 Å². The van der Waals surface area contributed by atoms with Crippen LogP contribution in [0.4, 0.5) is 0 Å². The molecular formula is C24H25NO7. The molecule has 1 amide bonds. The summed E-state index contributed by atoms with van der Waals surface area (Å²) in [6.45, 7) is 2.82. The average Bonchev–Trinajstić information content (AvgIpc) is 3.36. The van der Waals surface area contributed by atoms with Gasteiger partial charge >= 0.3 is 17.7 Å². The van der Waals surface area contributed by atoms with Crippen molar-refractivity contribution < 1.29 is 33.8 Å². The number of hydroxylamine groups is 2. The second-order valence-electron chi connectivity index (χ2n) is 8.50. The summed E-state index contributed by atoms with van der Waals surface area (Å²) in [5, 5.41) is 11.1. The summed E-state index contributed by atoms with van der Waals surface area (Å²) >= 11 is 0. The molecule has 2 heterocycles. The van der Waals surface area contributed by atoms with E-state index in [0.29, 0.717) is 0 Å². The highest BCUT2D eigenvalue weighted by Gasteiger charge is 2.61. The van der Waals surface area contributed by atoms with Gasteiger partial charge in [0.25, 0.3) is 5.91 Å². The summed E-state index contributed by atoms with van der Waals surface area (Å²) in [6.07, 6.45) is -0.967. The minimum absolute atomic E-state index is 0.0727. The number of hydrogen-bond donors (Lipinski definition) is 1. The molecule has 2 aliphatic rings. The van der Waals surface area contributed by atoms with Crippen molar-refractivity contribution in [1.29, 1.82) is 0 Å². The van der Waals surface area contributed by atoms with Gasteiger partial charge in [0.05, 0.1) is 24.5 Å². The van der Waals surface area contributed by atoms with E-state index in [1.165, 1.54) is 13.8 Å². The number of nitrogens with zero attached hydrogens (tertiary/aromatic N) is 1. The average molecular weight is 439 g/mol. The molecule has 0 aliphatic carbocycles. The highest BCUT2D eigenvalue weighted by molar-refractivity contribution is 5.92. The number of amides is 1. The minimum Gasteiger partial charge on any atom is -0.448 e. The van der Waals surface area contributed by atoms with Gasteiger partial charge in [-0.25, -0.2) is 4.79 Å². The van der Waals surface area contributed by atoms with Crippen molar-refractivity contribution in [1.82, 2.24) is 5.06 Å². The maximum absolute atomic E-state index is 13.5. The van der Waals surface area contributed by atoms with Crippen molar-refractivity contribution in [2.45, 2.75) is 44.1 Å². The highest BCUT2D eigenvalue weighted by atomic mass is 16.8. The first-order valence-corrected chi connectivity index (χ1v) is 10.4. The zero-order valence-electron chi connectivity index (χ0n) is 17.9. The van der Waals surface area contributed by atoms with Crippen molar-refractivity contribution in [2.75, 3.05) is 6.61 Å². The van der Waals surface area contributed by atoms with Crippen LogP contribution in [0.2, 0.25) is 0 Å². The van der Waals surface area contributed by atoms with Crippen LogP contribution in [0.25, 0.3) is 0 Å². The fourth-order valence-electron chi connectivity index (χ4n) is 3.93. The second-order valence-corrected chi connectivity index (χ2v) is 8.50. The van der Waals surface area contributed by atoms with Crippen molar-refractivity contribution >= 4 is 17.8 Å². The molecule has 2 fully saturated rings. The van der Waals surface area contributed by atoms with Crippen LogP contribution in [0.5, 0.6) is 0 Å². The monoisotopic (exact) mass is 439 g/mol. The predicted octanol–water partition coefficient (Wildman–Crippen LogP) is 2.51. The number of hydrogen-bond acceptors (Lipinski definition) is 7. The summed E-state index contributed by atoms with van der Waals surface area (Å²) in [7, 11) is 0. The van der Waals surface area contributed by atoms with E-state index in [0.717, 1.165) is 16.2 Å². The Kier molecular flexibility index (Phi) is 5.75. The summed E-state index contributed by atoms with van der Waals surface area (Å²) < 4.78 is 11.3. The third-order valence-corrected chi connectivity index (χ3v) is 5.75. The third kappa shape index (κ3) is 3.99. The number of carbonyl (C=O) groups excluding carboxylic acids is 3. The van der Waals surface area contributed by atoms with Gasteiger partial charge in [-0.05, 0) is 25.0 Å². The van der Waals surface area contributed by atoms with Gasteiger partial charge in [-0.3, -0.25) is 14.4 Å². The van der Waals surface area contributed by atoms with E-state index in [-0.39, 0.29) is 19.4 Å². The number of aliphatic hydroxyl groups is 1. The van der Waals surface area contributed by atoms with Crippen molar-refractivity contribution in [3.8, 4) is 0 Å². The molecule has 4 rings (SSSR count). The molecule has 2 aliphatic heterocycles.